The van der Waals surface area contributed by atoms with Gasteiger partial charge in [0.1, 0.15) is 11.4 Å². The molecule has 3 aromatic carbocycles. The summed E-state index contributed by atoms with van der Waals surface area (Å²) in [4.78, 5) is 8.10. The molecule has 9 aromatic rings. The fourth-order valence-electron chi connectivity index (χ4n) is 9.80. The van der Waals surface area contributed by atoms with Gasteiger partial charge >= 0.3 is 0 Å². The first kappa shape index (κ1) is 34.3. The standard InChI is InChI=1S/C44H34F8N4/c1-39(2,3)19-11-23-21-15-28-22(16-27(21)55-29-17-53-37-33(31(29)25(13-19)35(23)55)41(45,46)7-9-43(37,49)50)24-12-20(40(4,5)6)14-26-32-30(56(28)36(24)26)18-54-38-34(32)42(47,48)8-10-44(38,51)52/h11-18H,7-10H2,1-6H3. The average molecular weight is 771 g/mol. The quantitative estimate of drug-likeness (QED) is 0.144. The van der Waals surface area contributed by atoms with Gasteiger partial charge in [-0.3, -0.25) is 9.97 Å². The van der Waals surface area contributed by atoms with Crippen molar-refractivity contribution in [1.29, 1.82) is 0 Å². The second-order valence-corrected chi connectivity index (χ2v) is 18.2. The van der Waals surface area contributed by atoms with Crippen molar-refractivity contribution in [2.75, 3.05) is 0 Å². The van der Waals surface area contributed by atoms with Crippen LogP contribution in [0.15, 0.2) is 48.8 Å². The molecule has 6 aromatic heterocycles. The number of benzene rings is 3. The Balaban J connectivity index is 1.37. The summed E-state index contributed by atoms with van der Waals surface area (Å²) in [6, 6.07) is 11.5. The van der Waals surface area contributed by atoms with Crippen molar-refractivity contribution < 1.29 is 35.1 Å². The van der Waals surface area contributed by atoms with Crippen LogP contribution >= 0.6 is 0 Å². The van der Waals surface area contributed by atoms with E-state index in [0.717, 1.165) is 11.1 Å². The number of hydrogen-bond acceptors (Lipinski definition) is 2. The Morgan fingerprint density at radius 1 is 0.446 bits per heavy atom. The molecule has 0 fully saturated rings. The van der Waals surface area contributed by atoms with Gasteiger partial charge in [-0.15, -0.1) is 0 Å². The molecular weight excluding hydrogens is 736 g/mol. The van der Waals surface area contributed by atoms with Crippen LogP contribution in [0.5, 0.6) is 0 Å². The molecular formula is C44H34F8N4. The summed E-state index contributed by atoms with van der Waals surface area (Å²) in [5.41, 5.74) is 0.345. The predicted molar refractivity (Wildman–Crippen MR) is 203 cm³/mol. The van der Waals surface area contributed by atoms with E-state index in [1.165, 1.54) is 12.4 Å². The predicted octanol–water partition coefficient (Wildman–Crippen LogP) is 13.3. The van der Waals surface area contributed by atoms with Crippen LogP contribution in [0.4, 0.5) is 35.1 Å². The van der Waals surface area contributed by atoms with E-state index in [0.29, 0.717) is 54.4 Å². The lowest BCUT2D eigenvalue weighted by atomic mass is 9.83. The van der Waals surface area contributed by atoms with Crippen molar-refractivity contribution in [1.82, 2.24) is 18.8 Å². The zero-order valence-corrected chi connectivity index (χ0v) is 31.3. The van der Waals surface area contributed by atoms with Crippen LogP contribution in [-0.4, -0.2) is 18.8 Å². The fraction of sp³-hybridized carbons (Fsp3) is 0.364. The molecule has 0 unspecified atom stereocenters. The highest BCUT2D eigenvalue weighted by Gasteiger charge is 2.53. The van der Waals surface area contributed by atoms with Gasteiger partial charge < -0.3 is 8.80 Å². The lowest BCUT2D eigenvalue weighted by Gasteiger charge is -2.30. The molecule has 0 aliphatic heterocycles. The third-order valence-corrected chi connectivity index (χ3v) is 12.6. The van der Waals surface area contributed by atoms with E-state index >= 15 is 35.1 Å². The SMILES string of the molecule is CC(C)(C)c1cc2c3cc4c(cc3n3c5cnc6c(c5c(c1)c23)C(F)(F)CCC6(F)F)c1cc(C(C)(C)C)cc2c3c5c(ncc3n4c12)C(F)(F)CCC5(F)F. The van der Waals surface area contributed by atoms with Gasteiger partial charge in [-0.1, -0.05) is 41.5 Å². The van der Waals surface area contributed by atoms with Crippen molar-refractivity contribution in [2.45, 2.75) is 102 Å². The van der Waals surface area contributed by atoms with Crippen molar-refractivity contribution in [2.24, 2.45) is 0 Å². The number of nitrogens with zero attached hydrogens (tertiary/aromatic N) is 4. The molecule has 0 saturated heterocycles. The van der Waals surface area contributed by atoms with Crippen molar-refractivity contribution >= 4 is 76.2 Å². The number of aromatic nitrogens is 4. The minimum Gasteiger partial charge on any atom is -0.306 e. The third kappa shape index (κ3) is 4.05. The maximum Gasteiger partial charge on any atom is 0.290 e. The number of alkyl halides is 8. The van der Waals surface area contributed by atoms with Crippen LogP contribution in [0, 0.1) is 0 Å². The lowest BCUT2D eigenvalue weighted by molar-refractivity contribution is -0.0976. The molecule has 0 N–H and O–H groups in total. The van der Waals surface area contributed by atoms with Gasteiger partial charge in [0.25, 0.3) is 23.7 Å². The molecule has 6 heterocycles. The van der Waals surface area contributed by atoms with Gasteiger partial charge in [0.15, 0.2) is 0 Å². The zero-order valence-electron chi connectivity index (χ0n) is 31.3. The van der Waals surface area contributed by atoms with Gasteiger partial charge in [0.2, 0.25) is 0 Å². The maximum absolute atomic E-state index is 16.0. The first-order valence-electron chi connectivity index (χ1n) is 18.8. The van der Waals surface area contributed by atoms with E-state index in [-0.39, 0.29) is 21.8 Å². The van der Waals surface area contributed by atoms with Crippen LogP contribution in [0.2, 0.25) is 0 Å². The molecule has 2 aliphatic carbocycles. The maximum atomic E-state index is 16.0. The molecule has 0 radical (unpaired) electrons. The topological polar surface area (TPSA) is 34.6 Å². The highest BCUT2D eigenvalue weighted by Crippen LogP contribution is 2.56. The van der Waals surface area contributed by atoms with Gasteiger partial charge in [0, 0.05) is 68.8 Å². The van der Waals surface area contributed by atoms with Gasteiger partial charge in [0.05, 0.1) is 56.6 Å². The fourth-order valence-corrected chi connectivity index (χ4v) is 9.80. The Morgan fingerprint density at radius 2 is 0.786 bits per heavy atom. The third-order valence-electron chi connectivity index (χ3n) is 12.6. The molecule has 0 amide bonds. The van der Waals surface area contributed by atoms with E-state index in [2.05, 4.69) is 9.97 Å². The van der Waals surface area contributed by atoms with Crippen molar-refractivity contribution in [3.05, 3.63) is 82.4 Å². The zero-order chi connectivity index (χ0) is 39.6. The normalized spacial score (nSPS) is 19.5. The number of pyridine rings is 2. The Labute approximate surface area is 313 Å². The minimum atomic E-state index is -3.54. The average Bonchev–Trinajstić information content (AvgIpc) is 3.82. The van der Waals surface area contributed by atoms with Crippen LogP contribution in [-0.2, 0) is 34.5 Å². The molecule has 0 saturated carbocycles. The number of fused-ring (bicyclic) bond motifs is 16. The van der Waals surface area contributed by atoms with Gasteiger partial charge in [-0.2, -0.15) is 17.6 Å². The van der Waals surface area contributed by atoms with E-state index in [1.54, 1.807) is 0 Å². The highest BCUT2D eigenvalue weighted by atomic mass is 19.3. The van der Waals surface area contributed by atoms with Gasteiger partial charge in [-0.25, -0.2) is 17.6 Å². The monoisotopic (exact) mass is 770 g/mol. The number of halogens is 8. The molecule has 4 nitrogen and oxygen atoms in total. The van der Waals surface area contributed by atoms with E-state index < -0.39 is 82.7 Å². The van der Waals surface area contributed by atoms with E-state index in [9.17, 15) is 0 Å². The van der Waals surface area contributed by atoms with Crippen LogP contribution in [0.25, 0.3) is 76.2 Å². The summed E-state index contributed by atoms with van der Waals surface area (Å²) >= 11 is 0. The molecule has 56 heavy (non-hydrogen) atoms. The first-order valence-corrected chi connectivity index (χ1v) is 18.8. The van der Waals surface area contributed by atoms with Crippen molar-refractivity contribution in [3.8, 4) is 0 Å². The largest absolute Gasteiger partial charge is 0.306 e. The molecule has 2 aliphatic rings. The first-order chi connectivity index (χ1) is 26.0. The van der Waals surface area contributed by atoms with Gasteiger partial charge in [-0.05, 0) is 58.4 Å². The van der Waals surface area contributed by atoms with E-state index in [1.807, 2.05) is 86.7 Å². The Hall–Kier alpha value is -5.00. The smallest absolute Gasteiger partial charge is 0.290 e. The summed E-state index contributed by atoms with van der Waals surface area (Å²) in [5, 5.41) is 3.76. The molecule has 0 atom stereocenters. The second kappa shape index (κ2) is 9.74. The van der Waals surface area contributed by atoms with E-state index in [4.69, 9.17) is 0 Å². The molecule has 0 spiro atoms. The number of hydrogen-bond donors (Lipinski definition) is 0. The Bertz CT molecular complexity index is 3010. The highest BCUT2D eigenvalue weighted by molar-refractivity contribution is 6.29. The van der Waals surface area contributed by atoms with Crippen LogP contribution in [0.1, 0.15) is 101 Å². The van der Waals surface area contributed by atoms with Crippen LogP contribution < -0.4 is 0 Å². The summed E-state index contributed by atoms with van der Waals surface area (Å²) in [7, 11) is 0. The minimum absolute atomic E-state index is 0.0517. The number of rotatable bonds is 0. The van der Waals surface area contributed by atoms with Crippen LogP contribution in [0.3, 0.4) is 0 Å². The summed E-state index contributed by atoms with van der Waals surface area (Å²) in [6.07, 6.45) is -1.49. The Morgan fingerprint density at radius 3 is 1.14 bits per heavy atom. The second-order valence-electron chi connectivity index (χ2n) is 18.2. The molecule has 286 valence electrons. The molecule has 12 heteroatoms. The lowest BCUT2D eigenvalue weighted by Crippen LogP contribution is -2.31. The Kier molecular flexibility index (Phi) is 5.96. The molecule has 11 rings (SSSR count). The summed E-state index contributed by atoms with van der Waals surface area (Å²) in [6.45, 7) is 11.9. The van der Waals surface area contributed by atoms with Crippen molar-refractivity contribution in [3.63, 3.8) is 0 Å². The molecule has 0 bridgehead atoms. The summed E-state index contributed by atoms with van der Waals surface area (Å²) in [5.74, 6) is -14.1. The summed E-state index contributed by atoms with van der Waals surface area (Å²) < 4.78 is 129.